The summed E-state index contributed by atoms with van der Waals surface area (Å²) in [5, 5.41) is 3.57. The minimum Gasteiger partial charge on any atom is -0.493 e. The van der Waals surface area contributed by atoms with E-state index in [4.69, 9.17) is 4.74 Å². The van der Waals surface area contributed by atoms with Gasteiger partial charge in [-0.25, -0.2) is 0 Å². The molecule has 1 unspecified atom stereocenters. The summed E-state index contributed by atoms with van der Waals surface area (Å²) in [6.45, 7) is 4.05. The fourth-order valence-electron chi connectivity index (χ4n) is 3.08. The van der Waals surface area contributed by atoms with Gasteiger partial charge in [-0.15, -0.1) is 0 Å². The van der Waals surface area contributed by atoms with Crippen LogP contribution in [0.4, 0.5) is 0 Å². The van der Waals surface area contributed by atoms with Crippen LogP contribution < -0.4 is 10.1 Å². The molecule has 17 heavy (non-hydrogen) atoms. The van der Waals surface area contributed by atoms with Crippen molar-refractivity contribution in [1.29, 1.82) is 0 Å². The van der Waals surface area contributed by atoms with Crippen molar-refractivity contribution in [1.82, 2.24) is 5.32 Å². The summed E-state index contributed by atoms with van der Waals surface area (Å²) in [6, 6.07) is 5.19. The molecule has 1 aliphatic carbocycles. The third kappa shape index (κ3) is 2.06. The smallest absolute Gasteiger partial charge is 0.124 e. The van der Waals surface area contributed by atoms with Gasteiger partial charge in [0, 0.05) is 18.0 Å². The standard InChI is InChI=1S/C15H21NO/c1-2-16-14-7-8-17-15-10-12-6-4-3-5-11(12)9-13(14)15/h9-10,14,16H,2-8H2,1H3. The van der Waals surface area contributed by atoms with Crippen molar-refractivity contribution in [3.63, 3.8) is 0 Å². The third-order valence-corrected chi connectivity index (χ3v) is 3.96. The Hall–Kier alpha value is -1.02. The van der Waals surface area contributed by atoms with Crippen molar-refractivity contribution in [3.8, 4) is 5.75 Å². The van der Waals surface area contributed by atoms with Gasteiger partial charge in [-0.3, -0.25) is 0 Å². The Labute approximate surface area is 103 Å². The Morgan fingerprint density at radius 1 is 1.24 bits per heavy atom. The van der Waals surface area contributed by atoms with Gasteiger partial charge < -0.3 is 10.1 Å². The lowest BCUT2D eigenvalue weighted by Crippen LogP contribution is -2.27. The van der Waals surface area contributed by atoms with Crippen LogP contribution in [0.2, 0.25) is 0 Å². The predicted molar refractivity (Wildman–Crippen MR) is 69.6 cm³/mol. The van der Waals surface area contributed by atoms with E-state index in [1.165, 1.54) is 36.8 Å². The number of ether oxygens (including phenoxy) is 1. The van der Waals surface area contributed by atoms with Crippen LogP contribution in [0.25, 0.3) is 0 Å². The molecule has 0 spiro atoms. The summed E-state index contributed by atoms with van der Waals surface area (Å²) in [4.78, 5) is 0. The normalized spacial score (nSPS) is 22.5. The van der Waals surface area contributed by atoms with Gasteiger partial charge in [-0.2, -0.15) is 0 Å². The number of aryl methyl sites for hydroxylation is 2. The van der Waals surface area contributed by atoms with E-state index >= 15 is 0 Å². The molecule has 1 aromatic carbocycles. The third-order valence-electron chi connectivity index (χ3n) is 3.96. The Bertz CT molecular complexity index is 414. The number of hydrogen-bond donors (Lipinski definition) is 1. The zero-order valence-corrected chi connectivity index (χ0v) is 10.6. The first-order chi connectivity index (χ1) is 8.38. The largest absolute Gasteiger partial charge is 0.493 e. The first-order valence-corrected chi connectivity index (χ1v) is 6.90. The van der Waals surface area contributed by atoms with Gasteiger partial charge in [0.1, 0.15) is 5.75 Å². The summed E-state index contributed by atoms with van der Waals surface area (Å²) in [5.74, 6) is 1.13. The van der Waals surface area contributed by atoms with Crippen molar-refractivity contribution in [2.75, 3.05) is 13.2 Å². The van der Waals surface area contributed by atoms with Gasteiger partial charge in [0.15, 0.2) is 0 Å². The predicted octanol–water partition coefficient (Wildman–Crippen LogP) is 3.00. The number of fused-ring (bicyclic) bond motifs is 2. The second kappa shape index (κ2) is 4.69. The molecule has 2 nitrogen and oxygen atoms in total. The average molecular weight is 231 g/mol. The second-order valence-electron chi connectivity index (χ2n) is 5.11. The minimum absolute atomic E-state index is 0.496. The Morgan fingerprint density at radius 2 is 2.00 bits per heavy atom. The van der Waals surface area contributed by atoms with Crippen LogP contribution in [0.1, 0.15) is 48.9 Å². The van der Waals surface area contributed by atoms with E-state index in [1.807, 2.05) is 0 Å². The average Bonchev–Trinajstić information content (AvgIpc) is 2.37. The Kier molecular flexibility index (Phi) is 3.06. The van der Waals surface area contributed by atoms with E-state index in [0.717, 1.165) is 25.3 Å². The summed E-state index contributed by atoms with van der Waals surface area (Å²) >= 11 is 0. The summed E-state index contributed by atoms with van der Waals surface area (Å²) in [5.41, 5.74) is 4.47. The van der Waals surface area contributed by atoms with Crippen molar-refractivity contribution in [3.05, 3.63) is 28.8 Å². The number of rotatable bonds is 2. The van der Waals surface area contributed by atoms with Crippen LogP contribution in [-0.4, -0.2) is 13.2 Å². The van der Waals surface area contributed by atoms with Crippen LogP contribution in [0.5, 0.6) is 5.75 Å². The van der Waals surface area contributed by atoms with Crippen molar-refractivity contribution in [2.24, 2.45) is 0 Å². The van der Waals surface area contributed by atoms with Crippen LogP contribution >= 0.6 is 0 Å². The SMILES string of the molecule is CCNC1CCOc2cc3c(cc21)CCCC3. The molecular formula is C15H21NO. The molecule has 0 amide bonds. The van der Waals surface area contributed by atoms with Gasteiger partial charge in [0.25, 0.3) is 0 Å². The van der Waals surface area contributed by atoms with E-state index in [2.05, 4.69) is 24.4 Å². The maximum absolute atomic E-state index is 5.83. The maximum Gasteiger partial charge on any atom is 0.124 e. The zero-order chi connectivity index (χ0) is 11.7. The summed E-state index contributed by atoms with van der Waals surface area (Å²) in [6.07, 6.45) is 6.26. The molecule has 3 rings (SSSR count). The van der Waals surface area contributed by atoms with Gasteiger partial charge in [-0.05, 0) is 49.4 Å². The van der Waals surface area contributed by atoms with Gasteiger partial charge in [-0.1, -0.05) is 13.0 Å². The van der Waals surface area contributed by atoms with E-state index in [0.29, 0.717) is 6.04 Å². The molecule has 2 heteroatoms. The molecule has 92 valence electrons. The molecule has 0 fully saturated rings. The van der Waals surface area contributed by atoms with Crippen LogP contribution in [-0.2, 0) is 12.8 Å². The lowest BCUT2D eigenvalue weighted by molar-refractivity contribution is 0.253. The lowest BCUT2D eigenvalue weighted by atomic mass is 9.87. The fraction of sp³-hybridized carbons (Fsp3) is 0.600. The molecule has 1 N–H and O–H groups in total. The molecule has 0 saturated heterocycles. The highest BCUT2D eigenvalue weighted by Crippen LogP contribution is 2.36. The molecule has 2 aliphatic rings. The zero-order valence-electron chi connectivity index (χ0n) is 10.6. The maximum atomic E-state index is 5.83. The molecule has 1 atom stereocenters. The Morgan fingerprint density at radius 3 is 2.76 bits per heavy atom. The van der Waals surface area contributed by atoms with Gasteiger partial charge in [0.05, 0.1) is 6.61 Å². The van der Waals surface area contributed by atoms with Crippen LogP contribution in [0.3, 0.4) is 0 Å². The number of hydrogen-bond acceptors (Lipinski definition) is 2. The van der Waals surface area contributed by atoms with Gasteiger partial charge >= 0.3 is 0 Å². The molecule has 1 aliphatic heterocycles. The fourth-order valence-corrected chi connectivity index (χ4v) is 3.08. The summed E-state index contributed by atoms with van der Waals surface area (Å²) in [7, 11) is 0. The summed E-state index contributed by atoms with van der Waals surface area (Å²) < 4.78 is 5.83. The quantitative estimate of drug-likeness (QED) is 0.845. The van der Waals surface area contributed by atoms with Crippen molar-refractivity contribution < 1.29 is 4.74 Å². The first kappa shape index (κ1) is 11.1. The second-order valence-corrected chi connectivity index (χ2v) is 5.11. The van der Waals surface area contributed by atoms with Crippen LogP contribution in [0, 0.1) is 0 Å². The van der Waals surface area contributed by atoms with E-state index in [1.54, 1.807) is 5.56 Å². The molecular weight excluding hydrogens is 210 g/mol. The lowest BCUT2D eigenvalue weighted by Gasteiger charge is -2.29. The van der Waals surface area contributed by atoms with Crippen molar-refractivity contribution >= 4 is 0 Å². The highest BCUT2D eigenvalue weighted by atomic mass is 16.5. The topological polar surface area (TPSA) is 21.3 Å². The molecule has 0 radical (unpaired) electrons. The van der Waals surface area contributed by atoms with E-state index in [-0.39, 0.29) is 0 Å². The van der Waals surface area contributed by atoms with Crippen LogP contribution in [0.15, 0.2) is 12.1 Å². The monoisotopic (exact) mass is 231 g/mol. The molecule has 1 aromatic rings. The highest BCUT2D eigenvalue weighted by Gasteiger charge is 2.23. The highest BCUT2D eigenvalue weighted by molar-refractivity contribution is 5.46. The molecule has 0 saturated carbocycles. The van der Waals surface area contributed by atoms with E-state index < -0.39 is 0 Å². The molecule has 1 heterocycles. The van der Waals surface area contributed by atoms with Crippen molar-refractivity contribution in [2.45, 2.75) is 45.1 Å². The molecule has 0 bridgehead atoms. The number of nitrogens with one attached hydrogen (secondary N) is 1. The van der Waals surface area contributed by atoms with E-state index in [9.17, 15) is 0 Å². The molecule has 0 aromatic heterocycles. The number of benzene rings is 1. The first-order valence-electron chi connectivity index (χ1n) is 6.90. The Balaban J connectivity index is 1.98. The minimum atomic E-state index is 0.496. The van der Waals surface area contributed by atoms with Gasteiger partial charge in [0.2, 0.25) is 0 Å².